The standard InChI is InChI=1S/C10H13BrN2O2/c1-13(4-5-14)10(15)7-2-3-8(11)9(12)6-7/h2-3,6,14H,4-5,12H2,1H3. The van der Waals surface area contributed by atoms with Crippen molar-refractivity contribution >= 4 is 27.5 Å². The Balaban J connectivity index is 2.87. The lowest BCUT2D eigenvalue weighted by atomic mass is 10.2. The molecule has 0 saturated carbocycles. The van der Waals surface area contributed by atoms with Crippen LogP contribution in [-0.2, 0) is 0 Å². The molecule has 0 atom stereocenters. The number of aliphatic hydroxyl groups is 1. The molecule has 0 aliphatic heterocycles. The van der Waals surface area contributed by atoms with Crippen molar-refractivity contribution in [3.8, 4) is 0 Å². The summed E-state index contributed by atoms with van der Waals surface area (Å²) in [6, 6.07) is 5.03. The third-order valence-electron chi connectivity index (χ3n) is 2.03. The SMILES string of the molecule is CN(CCO)C(=O)c1ccc(Br)c(N)c1. The number of likely N-dealkylation sites (N-methyl/N-ethyl adjacent to an activating group) is 1. The number of carbonyl (C=O) groups is 1. The molecule has 0 aromatic heterocycles. The number of nitrogens with two attached hydrogens (primary N) is 1. The number of aliphatic hydroxyl groups excluding tert-OH is 1. The van der Waals surface area contributed by atoms with Gasteiger partial charge in [-0.15, -0.1) is 0 Å². The molecular weight excluding hydrogens is 260 g/mol. The average Bonchev–Trinajstić information content (AvgIpc) is 2.21. The normalized spacial score (nSPS) is 10.1. The molecular formula is C10H13BrN2O2. The van der Waals surface area contributed by atoms with Crippen molar-refractivity contribution in [2.45, 2.75) is 0 Å². The van der Waals surface area contributed by atoms with Crippen molar-refractivity contribution in [2.24, 2.45) is 0 Å². The van der Waals surface area contributed by atoms with Crippen LogP contribution in [0.5, 0.6) is 0 Å². The second-order valence-electron chi connectivity index (χ2n) is 3.19. The third-order valence-corrected chi connectivity index (χ3v) is 2.75. The zero-order chi connectivity index (χ0) is 11.4. The van der Waals surface area contributed by atoms with Gasteiger partial charge in [0, 0.05) is 29.3 Å². The molecule has 0 saturated heterocycles. The molecule has 1 amide bonds. The van der Waals surface area contributed by atoms with Crippen molar-refractivity contribution in [3.05, 3.63) is 28.2 Å². The van der Waals surface area contributed by atoms with Gasteiger partial charge in [-0.1, -0.05) is 0 Å². The van der Waals surface area contributed by atoms with Gasteiger partial charge >= 0.3 is 0 Å². The summed E-state index contributed by atoms with van der Waals surface area (Å²) < 4.78 is 0.767. The zero-order valence-electron chi connectivity index (χ0n) is 8.40. The van der Waals surface area contributed by atoms with E-state index in [-0.39, 0.29) is 12.5 Å². The number of nitrogens with zero attached hydrogens (tertiary/aromatic N) is 1. The van der Waals surface area contributed by atoms with E-state index in [4.69, 9.17) is 10.8 Å². The number of hydrogen-bond acceptors (Lipinski definition) is 3. The molecule has 0 fully saturated rings. The van der Waals surface area contributed by atoms with Crippen LogP contribution in [-0.4, -0.2) is 36.1 Å². The van der Waals surface area contributed by atoms with E-state index in [1.54, 1.807) is 25.2 Å². The summed E-state index contributed by atoms with van der Waals surface area (Å²) in [6.45, 7) is 0.267. The van der Waals surface area contributed by atoms with E-state index in [0.29, 0.717) is 17.8 Å². The summed E-state index contributed by atoms with van der Waals surface area (Å²) in [6.07, 6.45) is 0. The van der Waals surface area contributed by atoms with Crippen LogP contribution in [0.4, 0.5) is 5.69 Å². The maximum atomic E-state index is 11.7. The lowest BCUT2D eigenvalue weighted by molar-refractivity contribution is 0.0767. The molecule has 0 aliphatic rings. The van der Waals surface area contributed by atoms with E-state index in [9.17, 15) is 4.79 Å². The average molecular weight is 273 g/mol. The van der Waals surface area contributed by atoms with Crippen molar-refractivity contribution < 1.29 is 9.90 Å². The smallest absolute Gasteiger partial charge is 0.253 e. The van der Waals surface area contributed by atoms with Crippen molar-refractivity contribution in [2.75, 3.05) is 25.9 Å². The highest BCUT2D eigenvalue weighted by atomic mass is 79.9. The number of nitrogen functional groups attached to an aromatic ring is 1. The Kier molecular flexibility index (Phi) is 4.11. The summed E-state index contributed by atoms with van der Waals surface area (Å²) in [7, 11) is 1.64. The van der Waals surface area contributed by atoms with Gasteiger partial charge in [-0.25, -0.2) is 0 Å². The van der Waals surface area contributed by atoms with Crippen LogP contribution < -0.4 is 5.73 Å². The van der Waals surface area contributed by atoms with Crippen LogP contribution in [0.2, 0.25) is 0 Å². The Morgan fingerprint density at radius 3 is 2.80 bits per heavy atom. The highest BCUT2D eigenvalue weighted by Crippen LogP contribution is 2.20. The number of halogens is 1. The largest absolute Gasteiger partial charge is 0.398 e. The first-order valence-corrected chi connectivity index (χ1v) is 5.27. The van der Waals surface area contributed by atoms with Crippen LogP contribution in [0.1, 0.15) is 10.4 Å². The summed E-state index contributed by atoms with van der Waals surface area (Å²) in [5.41, 5.74) is 6.71. The van der Waals surface area contributed by atoms with Crippen molar-refractivity contribution in [1.29, 1.82) is 0 Å². The summed E-state index contributed by atoms with van der Waals surface area (Å²) in [4.78, 5) is 13.2. The van der Waals surface area contributed by atoms with Crippen LogP contribution in [0, 0.1) is 0 Å². The molecule has 0 spiro atoms. The van der Waals surface area contributed by atoms with Gasteiger partial charge in [-0.2, -0.15) is 0 Å². The second-order valence-corrected chi connectivity index (χ2v) is 4.04. The van der Waals surface area contributed by atoms with Gasteiger partial charge in [0.2, 0.25) is 0 Å². The van der Waals surface area contributed by atoms with E-state index >= 15 is 0 Å². The molecule has 0 bridgehead atoms. The molecule has 3 N–H and O–H groups in total. The topological polar surface area (TPSA) is 66.6 Å². The highest BCUT2D eigenvalue weighted by Gasteiger charge is 2.11. The predicted molar refractivity (Wildman–Crippen MR) is 62.6 cm³/mol. The lowest BCUT2D eigenvalue weighted by Crippen LogP contribution is -2.29. The van der Waals surface area contributed by atoms with Crippen LogP contribution in [0.3, 0.4) is 0 Å². The summed E-state index contributed by atoms with van der Waals surface area (Å²) in [5.74, 6) is -0.150. The third kappa shape index (κ3) is 2.94. The Hall–Kier alpha value is -1.07. The van der Waals surface area contributed by atoms with E-state index < -0.39 is 0 Å². The number of amides is 1. The van der Waals surface area contributed by atoms with E-state index in [1.165, 1.54) is 4.90 Å². The Bertz CT molecular complexity index is 368. The van der Waals surface area contributed by atoms with E-state index in [1.807, 2.05) is 0 Å². The van der Waals surface area contributed by atoms with Crippen molar-refractivity contribution in [1.82, 2.24) is 4.90 Å². The van der Waals surface area contributed by atoms with E-state index in [2.05, 4.69) is 15.9 Å². The molecule has 0 heterocycles. The quantitative estimate of drug-likeness (QED) is 0.810. The first-order valence-electron chi connectivity index (χ1n) is 4.47. The van der Waals surface area contributed by atoms with Crippen LogP contribution >= 0.6 is 15.9 Å². The minimum atomic E-state index is -0.150. The van der Waals surface area contributed by atoms with Gasteiger partial charge in [0.15, 0.2) is 0 Å². The molecule has 1 aromatic carbocycles. The number of carbonyl (C=O) groups excluding carboxylic acids is 1. The number of rotatable bonds is 3. The maximum absolute atomic E-state index is 11.7. The number of anilines is 1. The highest BCUT2D eigenvalue weighted by molar-refractivity contribution is 9.10. The Morgan fingerprint density at radius 2 is 2.27 bits per heavy atom. The van der Waals surface area contributed by atoms with Crippen LogP contribution in [0.25, 0.3) is 0 Å². The molecule has 82 valence electrons. The van der Waals surface area contributed by atoms with Gasteiger partial charge in [-0.3, -0.25) is 4.79 Å². The number of benzene rings is 1. The number of hydrogen-bond donors (Lipinski definition) is 2. The molecule has 4 nitrogen and oxygen atoms in total. The predicted octanol–water partition coefficient (Wildman–Crippen LogP) is 1.10. The first-order chi connectivity index (χ1) is 7.06. The lowest BCUT2D eigenvalue weighted by Gasteiger charge is -2.15. The fourth-order valence-electron chi connectivity index (χ4n) is 1.15. The summed E-state index contributed by atoms with van der Waals surface area (Å²) >= 11 is 3.26. The van der Waals surface area contributed by atoms with Gasteiger partial charge in [0.1, 0.15) is 0 Å². The Morgan fingerprint density at radius 1 is 1.60 bits per heavy atom. The summed E-state index contributed by atoms with van der Waals surface area (Å²) in [5, 5.41) is 8.71. The molecule has 1 aromatic rings. The fraction of sp³-hybridized carbons (Fsp3) is 0.300. The van der Waals surface area contributed by atoms with Gasteiger partial charge < -0.3 is 15.7 Å². The van der Waals surface area contributed by atoms with Crippen molar-refractivity contribution in [3.63, 3.8) is 0 Å². The molecule has 1 rings (SSSR count). The molecule has 15 heavy (non-hydrogen) atoms. The first kappa shape index (κ1) is 12.0. The molecule has 0 unspecified atom stereocenters. The minimum Gasteiger partial charge on any atom is -0.398 e. The molecule has 0 aliphatic carbocycles. The van der Waals surface area contributed by atoms with Gasteiger partial charge in [-0.05, 0) is 34.1 Å². The second kappa shape index (κ2) is 5.14. The van der Waals surface area contributed by atoms with Gasteiger partial charge in [0.05, 0.1) is 6.61 Å². The Labute approximate surface area is 96.8 Å². The van der Waals surface area contributed by atoms with E-state index in [0.717, 1.165) is 4.47 Å². The fourth-order valence-corrected chi connectivity index (χ4v) is 1.40. The zero-order valence-corrected chi connectivity index (χ0v) is 9.99. The van der Waals surface area contributed by atoms with Crippen LogP contribution in [0.15, 0.2) is 22.7 Å². The molecule has 5 heteroatoms. The van der Waals surface area contributed by atoms with Gasteiger partial charge in [0.25, 0.3) is 5.91 Å². The molecule has 0 radical (unpaired) electrons. The minimum absolute atomic E-state index is 0.0474. The monoisotopic (exact) mass is 272 g/mol. The maximum Gasteiger partial charge on any atom is 0.253 e.